The minimum Gasteiger partial charge on any atom is -0.494 e. The molecule has 0 saturated carbocycles. The summed E-state index contributed by atoms with van der Waals surface area (Å²) < 4.78 is 10.3. The van der Waals surface area contributed by atoms with Crippen LogP contribution in [-0.2, 0) is 4.74 Å². The van der Waals surface area contributed by atoms with Gasteiger partial charge in [-0.2, -0.15) is 0 Å². The molecule has 0 radical (unpaired) electrons. The smallest absolute Gasteiger partial charge is 0.337 e. The monoisotopic (exact) mass is 263 g/mol. The maximum atomic E-state index is 11.3. The van der Waals surface area contributed by atoms with Crippen LogP contribution in [0.15, 0.2) is 24.3 Å². The van der Waals surface area contributed by atoms with Crippen molar-refractivity contribution in [1.82, 2.24) is 5.32 Å². The van der Waals surface area contributed by atoms with E-state index in [-0.39, 0.29) is 5.97 Å². The molecule has 0 aliphatic carbocycles. The molecule has 1 aliphatic heterocycles. The topological polar surface area (TPSA) is 47.6 Å². The second kappa shape index (κ2) is 7.14. The first kappa shape index (κ1) is 13.9. The number of methoxy groups -OCH3 is 1. The fourth-order valence-corrected chi connectivity index (χ4v) is 2.29. The fourth-order valence-electron chi connectivity index (χ4n) is 2.29. The van der Waals surface area contributed by atoms with Crippen LogP contribution in [-0.4, -0.2) is 32.3 Å². The summed E-state index contributed by atoms with van der Waals surface area (Å²) in [6.07, 6.45) is 4.86. The lowest BCUT2D eigenvalue weighted by molar-refractivity contribution is 0.0600. The third kappa shape index (κ3) is 4.24. The molecule has 2 rings (SSSR count). The normalized spacial score (nSPS) is 18.9. The molecule has 19 heavy (non-hydrogen) atoms. The maximum absolute atomic E-state index is 11.3. The van der Waals surface area contributed by atoms with Gasteiger partial charge in [-0.3, -0.25) is 0 Å². The van der Waals surface area contributed by atoms with E-state index >= 15 is 0 Å². The SMILES string of the molecule is COC(=O)c1ccc(OCC[C@@H]2CCCCN2)cc1. The van der Waals surface area contributed by atoms with Crippen molar-refractivity contribution in [3.05, 3.63) is 29.8 Å². The Hall–Kier alpha value is -1.55. The van der Waals surface area contributed by atoms with Crippen LogP contribution in [0, 0.1) is 0 Å². The van der Waals surface area contributed by atoms with Crippen LogP contribution in [0.1, 0.15) is 36.0 Å². The third-order valence-electron chi connectivity index (χ3n) is 3.42. The molecule has 1 heterocycles. The molecular weight excluding hydrogens is 242 g/mol. The zero-order valence-corrected chi connectivity index (χ0v) is 11.4. The predicted molar refractivity (Wildman–Crippen MR) is 73.5 cm³/mol. The maximum Gasteiger partial charge on any atom is 0.337 e. The number of piperidine rings is 1. The molecule has 0 unspecified atom stereocenters. The van der Waals surface area contributed by atoms with Crippen molar-refractivity contribution in [2.24, 2.45) is 0 Å². The Bertz CT molecular complexity index is 396. The van der Waals surface area contributed by atoms with Crippen LogP contribution in [0.25, 0.3) is 0 Å². The average Bonchev–Trinajstić information content (AvgIpc) is 2.48. The van der Waals surface area contributed by atoms with E-state index in [1.54, 1.807) is 24.3 Å². The molecule has 0 bridgehead atoms. The summed E-state index contributed by atoms with van der Waals surface area (Å²) in [4.78, 5) is 11.3. The van der Waals surface area contributed by atoms with Crippen LogP contribution >= 0.6 is 0 Å². The Morgan fingerprint density at radius 3 is 2.74 bits per heavy atom. The lowest BCUT2D eigenvalue weighted by Crippen LogP contribution is -2.35. The van der Waals surface area contributed by atoms with E-state index in [4.69, 9.17) is 4.74 Å². The van der Waals surface area contributed by atoms with Crippen molar-refractivity contribution >= 4 is 5.97 Å². The molecule has 1 atom stereocenters. The second-order valence-corrected chi connectivity index (χ2v) is 4.80. The summed E-state index contributed by atoms with van der Waals surface area (Å²) in [5, 5.41) is 3.50. The van der Waals surface area contributed by atoms with E-state index in [1.165, 1.54) is 26.4 Å². The van der Waals surface area contributed by atoms with Crippen molar-refractivity contribution in [2.45, 2.75) is 31.7 Å². The number of benzene rings is 1. The highest BCUT2D eigenvalue weighted by atomic mass is 16.5. The van der Waals surface area contributed by atoms with Crippen LogP contribution in [0.4, 0.5) is 0 Å². The van der Waals surface area contributed by atoms with Gasteiger partial charge in [-0.25, -0.2) is 4.79 Å². The first-order valence-corrected chi connectivity index (χ1v) is 6.84. The fraction of sp³-hybridized carbons (Fsp3) is 0.533. The molecule has 1 fully saturated rings. The summed E-state index contributed by atoms with van der Waals surface area (Å²) in [6, 6.07) is 7.64. The van der Waals surface area contributed by atoms with Crippen LogP contribution < -0.4 is 10.1 Å². The standard InChI is InChI=1S/C15H21NO3/c1-18-15(17)12-5-7-14(8-6-12)19-11-9-13-4-2-3-10-16-13/h5-8,13,16H,2-4,9-11H2,1H3/t13-/m0/s1. The minimum atomic E-state index is -0.321. The van der Waals surface area contributed by atoms with Gasteiger partial charge in [0.15, 0.2) is 0 Å². The van der Waals surface area contributed by atoms with E-state index in [0.717, 1.165) is 18.7 Å². The van der Waals surface area contributed by atoms with Gasteiger partial charge in [0.1, 0.15) is 5.75 Å². The molecule has 1 N–H and O–H groups in total. The summed E-state index contributed by atoms with van der Waals surface area (Å²) in [6.45, 7) is 1.83. The van der Waals surface area contributed by atoms with Gasteiger partial charge in [0, 0.05) is 6.04 Å². The molecule has 1 saturated heterocycles. The van der Waals surface area contributed by atoms with Crippen molar-refractivity contribution in [2.75, 3.05) is 20.3 Å². The van der Waals surface area contributed by atoms with Gasteiger partial charge >= 0.3 is 5.97 Å². The average molecular weight is 263 g/mol. The molecule has 1 aliphatic rings. The summed E-state index contributed by atoms with van der Waals surface area (Å²) in [5.74, 6) is 0.474. The molecular formula is C15H21NO3. The summed E-state index contributed by atoms with van der Waals surface area (Å²) in [5.41, 5.74) is 0.545. The zero-order valence-electron chi connectivity index (χ0n) is 11.4. The lowest BCUT2D eigenvalue weighted by Gasteiger charge is -2.23. The van der Waals surface area contributed by atoms with Gasteiger partial charge in [0.05, 0.1) is 19.3 Å². The first-order valence-electron chi connectivity index (χ1n) is 6.84. The van der Waals surface area contributed by atoms with Gasteiger partial charge in [-0.15, -0.1) is 0 Å². The molecule has 0 amide bonds. The van der Waals surface area contributed by atoms with Crippen molar-refractivity contribution in [3.63, 3.8) is 0 Å². The van der Waals surface area contributed by atoms with Crippen LogP contribution in [0.5, 0.6) is 5.75 Å². The van der Waals surface area contributed by atoms with E-state index < -0.39 is 0 Å². The van der Waals surface area contributed by atoms with Gasteiger partial charge in [0.2, 0.25) is 0 Å². The van der Waals surface area contributed by atoms with Crippen LogP contribution in [0.2, 0.25) is 0 Å². The Morgan fingerprint density at radius 2 is 2.11 bits per heavy atom. The first-order chi connectivity index (χ1) is 9.29. The molecule has 104 valence electrons. The number of carbonyl (C=O) groups excluding carboxylic acids is 1. The number of esters is 1. The molecule has 4 nitrogen and oxygen atoms in total. The lowest BCUT2D eigenvalue weighted by atomic mass is 10.0. The van der Waals surface area contributed by atoms with Crippen molar-refractivity contribution in [1.29, 1.82) is 0 Å². The highest BCUT2D eigenvalue weighted by Gasteiger charge is 2.12. The second-order valence-electron chi connectivity index (χ2n) is 4.80. The third-order valence-corrected chi connectivity index (χ3v) is 3.42. The molecule has 4 heteroatoms. The highest BCUT2D eigenvalue weighted by Crippen LogP contribution is 2.15. The van der Waals surface area contributed by atoms with Gasteiger partial charge in [-0.05, 0) is 50.1 Å². The van der Waals surface area contributed by atoms with E-state index in [2.05, 4.69) is 10.1 Å². The van der Waals surface area contributed by atoms with Gasteiger partial charge < -0.3 is 14.8 Å². The summed E-state index contributed by atoms with van der Waals surface area (Å²) in [7, 11) is 1.38. The van der Waals surface area contributed by atoms with Gasteiger partial charge in [-0.1, -0.05) is 6.42 Å². The van der Waals surface area contributed by atoms with Crippen molar-refractivity contribution in [3.8, 4) is 5.75 Å². The molecule has 0 spiro atoms. The van der Waals surface area contributed by atoms with E-state index in [1.807, 2.05) is 0 Å². The van der Waals surface area contributed by atoms with Crippen LogP contribution in [0.3, 0.4) is 0 Å². The molecule has 1 aromatic carbocycles. The largest absolute Gasteiger partial charge is 0.494 e. The minimum absolute atomic E-state index is 0.321. The number of hydrogen-bond acceptors (Lipinski definition) is 4. The van der Waals surface area contributed by atoms with E-state index in [0.29, 0.717) is 18.2 Å². The Labute approximate surface area is 114 Å². The molecule has 1 aromatic rings. The number of carbonyl (C=O) groups is 1. The van der Waals surface area contributed by atoms with Crippen molar-refractivity contribution < 1.29 is 14.3 Å². The zero-order chi connectivity index (χ0) is 13.5. The quantitative estimate of drug-likeness (QED) is 0.829. The Morgan fingerprint density at radius 1 is 1.32 bits per heavy atom. The van der Waals surface area contributed by atoms with Gasteiger partial charge in [0.25, 0.3) is 0 Å². The number of rotatable bonds is 5. The number of ether oxygens (including phenoxy) is 2. The highest BCUT2D eigenvalue weighted by molar-refractivity contribution is 5.89. The number of nitrogens with one attached hydrogen (secondary N) is 1. The Kier molecular flexibility index (Phi) is 5.21. The number of hydrogen-bond donors (Lipinski definition) is 1. The van der Waals surface area contributed by atoms with E-state index in [9.17, 15) is 4.79 Å². The predicted octanol–water partition coefficient (Wildman–Crippen LogP) is 2.38. The summed E-state index contributed by atoms with van der Waals surface area (Å²) >= 11 is 0. The Balaban J connectivity index is 1.75. The molecule has 0 aromatic heterocycles.